The van der Waals surface area contributed by atoms with Gasteiger partial charge in [-0.15, -0.1) is 11.3 Å². The van der Waals surface area contributed by atoms with E-state index in [-0.39, 0.29) is 0 Å². The molecule has 3 rings (SSSR count). The van der Waals surface area contributed by atoms with Crippen molar-refractivity contribution in [2.45, 2.75) is 39.3 Å². The van der Waals surface area contributed by atoms with Gasteiger partial charge >= 0.3 is 0 Å². The largest absolute Gasteiger partial charge is 0.344 e. The minimum atomic E-state index is 0.494. The fourth-order valence-electron chi connectivity index (χ4n) is 2.24. The van der Waals surface area contributed by atoms with Crippen LogP contribution in [0.3, 0.4) is 0 Å². The molecule has 0 fully saturated rings. The van der Waals surface area contributed by atoms with Gasteiger partial charge in [0.15, 0.2) is 0 Å². The van der Waals surface area contributed by atoms with Crippen LogP contribution in [-0.2, 0) is 19.4 Å². The van der Waals surface area contributed by atoms with Crippen LogP contribution in [0.2, 0.25) is 0 Å². The molecular weight excluding hydrogens is 230 g/mol. The number of fused-ring (bicyclic) bond motifs is 3. The second-order valence-corrected chi connectivity index (χ2v) is 5.80. The molecule has 0 radical (unpaired) electrons. The van der Waals surface area contributed by atoms with Gasteiger partial charge in [0.2, 0.25) is 0 Å². The van der Waals surface area contributed by atoms with Crippen LogP contribution in [0.15, 0.2) is 11.4 Å². The van der Waals surface area contributed by atoms with Crippen molar-refractivity contribution in [2.24, 2.45) is 0 Å². The lowest BCUT2D eigenvalue weighted by molar-refractivity contribution is 0.575. The topological polar surface area (TPSA) is 40.7 Å². The lowest BCUT2D eigenvalue weighted by Gasteiger charge is -2.09. The van der Waals surface area contributed by atoms with Crippen LogP contribution in [0.25, 0.3) is 11.3 Å². The molecule has 0 bridgehead atoms. The van der Waals surface area contributed by atoms with E-state index < -0.39 is 0 Å². The zero-order valence-electron chi connectivity index (χ0n) is 10.2. The van der Waals surface area contributed by atoms with Crippen molar-refractivity contribution in [1.29, 1.82) is 0 Å². The Morgan fingerprint density at radius 3 is 3.18 bits per heavy atom. The van der Waals surface area contributed by atoms with Crippen molar-refractivity contribution in [3.63, 3.8) is 0 Å². The Bertz CT molecular complexity index is 525. The molecule has 2 aromatic heterocycles. The zero-order chi connectivity index (χ0) is 11.8. The molecule has 1 aliphatic carbocycles. The van der Waals surface area contributed by atoms with Crippen molar-refractivity contribution in [3.05, 3.63) is 27.8 Å². The highest BCUT2D eigenvalue weighted by Crippen LogP contribution is 2.34. The van der Waals surface area contributed by atoms with E-state index in [0.29, 0.717) is 6.04 Å². The average molecular weight is 247 g/mol. The van der Waals surface area contributed by atoms with E-state index in [1.807, 2.05) is 11.3 Å². The first kappa shape index (κ1) is 11.0. The van der Waals surface area contributed by atoms with Gasteiger partial charge in [-0.3, -0.25) is 0 Å². The van der Waals surface area contributed by atoms with Crippen LogP contribution >= 0.6 is 11.3 Å². The second kappa shape index (κ2) is 4.27. The summed E-state index contributed by atoms with van der Waals surface area (Å²) in [6.07, 6.45) is 2.25. The highest BCUT2D eigenvalue weighted by molar-refractivity contribution is 7.10. The van der Waals surface area contributed by atoms with Gasteiger partial charge in [-0.2, -0.15) is 0 Å². The second-order valence-electron chi connectivity index (χ2n) is 4.80. The third-order valence-corrected chi connectivity index (χ3v) is 4.09. The molecule has 2 N–H and O–H groups in total. The van der Waals surface area contributed by atoms with Crippen molar-refractivity contribution >= 4 is 11.3 Å². The Kier molecular flexibility index (Phi) is 2.76. The summed E-state index contributed by atoms with van der Waals surface area (Å²) < 4.78 is 0. The van der Waals surface area contributed by atoms with Gasteiger partial charge in [-0.1, -0.05) is 13.8 Å². The number of hydrogen-bond donors (Lipinski definition) is 2. The first-order valence-electron chi connectivity index (χ1n) is 6.12. The third kappa shape index (κ3) is 2.03. The van der Waals surface area contributed by atoms with Crippen molar-refractivity contribution in [1.82, 2.24) is 15.3 Å². The van der Waals surface area contributed by atoms with Crippen LogP contribution in [0, 0.1) is 0 Å². The van der Waals surface area contributed by atoms with Crippen molar-refractivity contribution < 1.29 is 0 Å². The molecule has 0 spiro atoms. The highest BCUT2D eigenvalue weighted by atomic mass is 32.1. The summed E-state index contributed by atoms with van der Waals surface area (Å²) in [4.78, 5) is 9.65. The quantitative estimate of drug-likeness (QED) is 0.875. The summed E-state index contributed by atoms with van der Waals surface area (Å²) in [5, 5.41) is 5.56. The summed E-state index contributed by atoms with van der Waals surface area (Å²) in [6, 6.07) is 2.69. The molecule has 0 aliphatic heterocycles. The summed E-state index contributed by atoms with van der Waals surface area (Å²) in [5.74, 6) is 1.06. The number of rotatable bonds is 3. The number of aromatic nitrogens is 2. The number of aryl methyl sites for hydroxylation is 2. The number of nitrogens with zero attached hydrogens (tertiary/aromatic N) is 1. The number of hydrogen-bond acceptors (Lipinski definition) is 3. The monoisotopic (exact) mass is 247 g/mol. The maximum absolute atomic E-state index is 4.72. The zero-order valence-corrected chi connectivity index (χ0v) is 11.0. The van der Waals surface area contributed by atoms with Gasteiger partial charge in [0, 0.05) is 22.2 Å². The normalized spacial score (nSPS) is 13.8. The molecule has 0 saturated carbocycles. The van der Waals surface area contributed by atoms with Gasteiger partial charge < -0.3 is 10.3 Å². The summed E-state index contributed by atoms with van der Waals surface area (Å²) in [6.45, 7) is 5.13. The van der Waals surface area contributed by atoms with E-state index >= 15 is 0 Å². The predicted octanol–water partition coefficient (Wildman–Crippen LogP) is 2.73. The standard InChI is InChI=1S/C13H17N3S/c1-8(2)14-7-12-15-10-3-4-11-9(5-6-17-11)13(10)16-12/h5-6,8,14H,3-4,7H2,1-2H3,(H,15,16). The van der Waals surface area contributed by atoms with Crippen LogP contribution in [0.4, 0.5) is 0 Å². The van der Waals surface area contributed by atoms with Crippen LogP contribution in [0.5, 0.6) is 0 Å². The number of imidazole rings is 1. The molecule has 0 amide bonds. The van der Waals surface area contributed by atoms with Gasteiger partial charge in [0.25, 0.3) is 0 Å². The molecule has 2 heterocycles. The fraction of sp³-hybridized carbons (Fsp3) is 0.462. The fourth-order valence-corrected chi connectivity index (χ4v) is 3.12. The molecule has 0 aromatic carbocycles. The summed E-state index contributed by atoms with van der Waals surface area (Å²) in [7, 11) is 0. The van der Waals surface area contributed by atoms with E-state index in [4.69, 9.17) is 4.98 Å². The maximum atomic E-state index is 4.72. The van der Waals surface area contributed by atoms with Gasteiger partial charge in [-0.25, -0.2) is 4.98 Å². The van der Waals surface area contributed by atoms with E-state index in [1.165, 1.54) is 21.8 Å². The Morgan fingerprint density at radius 2 is 2.35 bits per heavy atom. The average Bonchev–Trinajstić information content (AvgIpc) is 2.91. The molecular formula is C13H17N3S. The van der Waals surface area contributed by atoms with Crippen LogP contribution in [0.1, 0.15) is 30.2 Å². The Balaban J connectivity index is 1.89. The van der Waals surface area contributed by atoms with E-state index in [1.54, 1.807) is 0 Å². The number of H-pyrrole nitrogens is 1. The molecule has 0 atom stereocenters. The Morgan fingerprint density at radius 1 is 1.47 bits per heavy atom. The number of nitrogens with one attached hydrogen (secondary N) is 2. The summed E-state index contributed by atoms with van der Waals surface area (Å²) in [5.41, 5.74) is 3.81. The maximum Gasteiger partial charge on any atom is 0.121 e. The number of thiophene rings is 1. The molecule has 2 aromatic rings. The van der Waals surface area contributed by atoms with E-state index in [9.17, 15) is 0 Å². The molecule has 3 nitrogen and oxygen atoms in total. The third-order valence-electron chi connectivity index (χ3n) is 3.11. The van der Waals surface area contributed by atoms with Gasteiger partial charge in [0.1, 0.15) is 5.82 Å². The highest BCUT2D eigenvalue weighted by Gasteiger charge is 2.20. The molecule has 1 aliphatic rings. The lowest BCUT2D eigenvalue weighted by atomic mass is 10.0. The van der Waals surface area contributed by atoms with Crippen LogP contribution in [-0.4, -0.2) is 16.0 Å². The van der Waals surface area contributed by atoms with Crippen LogP contribution < -0.4 is 5.32 Å². The Hall–Kier alpha value is -1.13. The minimum absolute atomic E-state index is 0.494. The van der Waals surface area contributed by atoms with E-state index in [0.717, 1.165) is 25.2 Å². The first-order chi connectivity index (χ1) is 8.24. The van der Waals surface area contributed by atoms with Gasteiger partial charge in [-0.05, 0) is 24.3 Å². The van der Waals surface area contributed by atoms with Gasteiger partial charge in [0.05, 0.1) is 12.2 Å². The SMILES string of the molecule is CC(C)NCc1nc2c([nH]1)CCc1sccc1-2. The first-order valence-corrected chi connectivity index (χ1v) is 7.00. The molecule has 0 saturated heterocycles. The molecule has 90 valence electrons. The number of aromatic amines is 1. The smallest absolute Gasteiger partial charge is 0.121 e. The molecule has 17 heavy (non-hydrogen) atoms. The summed E-state index contributed by atoms with van der Waals surface area (Å²) >= 11 is 1.85. The predicted molar refractivity (Wildman–Crippen MR) is 71.3 cm³/mol. The molecule has 4 heteroatoms. The van der Waals surface area contributed by atoms with Crippen molar-refractivity contribution in [3.8, 4) is 11.3 Å². The van der Waals surface area contributed by atoms with E-state index in [2.05, 4.69) is 35.6 Å². The Labute approximate surface area is 105 Å². The minimum Gasteiger partial charge on any atom is -0.344 e. The molecule has 0 unspecified atom stereocenters. The van der Waals surface area contributed by atoms with Crippen molar-refractivity contribution in [2.75, 3.05) is 0 Å². The lowest BCUT2D eigenvalue weighted by Crippen LogP contribution is -2.22.